The maximum Gasteiger partial charge on any atom is 0.248 e. The first-order chi connectivity index (χ1) is 11.3. The van der Waals surface area contributed by atoms with Gasteiger partial charge in [-0.15, -0.1) is 0 Å². The molecule has 0 rings (SSSR count). The second-order valence-corrected chi connectivity index (χ2v) is 6.60. The molecule has 0 aromatic rings. The topological polar surface area (TPSA) is 64.7 Å². The molecule has 0 bridgehead atoms. The minimum Gasteiger partial charge on any atom is -0.282 e. The number of thiocarbonyl (C=S) groups is 2. The van der Waals surface area contributed by atoms with Gasteiger partial charge >= 0.3 is 0 Å². The van der Waals surface area contributed by atoms with Gasteiger partial charge in [0.2, 0.25) is 11.8 Å². The van der Waals surface area contributed by atoms with Gasteiger partial charge in [-0.2, -0.15) is 0 Å². The van der Waals surface area contributed by atoms with Crippen LogP contribution in [-0.2, 0) is 9.59 Å². The van der Waals surface area contributed by atoms with Crippen molar-refractivity contribution in [1.82, 2.24) is 20.9 Å². The van der Waals surface area contributed by atoms with Crippen LogP contribution in [0, 0.1) is 5.92 Å². The molecular formula is C16H30N4O2S2. The van der Waals surface area contributed by atoms with Gasteiger partial charge in [-0.3, -0.25) is 30.5 Å². The average Bonchev–Trinajstić information content (AvgIpc) is 2.52. The number of hydrogen-bond acceptors (Lipinski definition) is 4. The average molecular weight is 375 g/mol. The highest BCUT2D eigenvalue weighted by atomic mass is 32.1. The summed E-state index contributed by atoms with van der Waals surface area (Å²) in [6.45, 7) is 6.19. The number of carbonyl (C=O) groups excluding carboxylic acids is 2. The molecule has 2 N–H and O–H groups in total. The predicted molar refractivity (Wildman–Crippen MR) is 105 cm³/mol. The van der Waals surface area contributed by atoms with E-state index in [9.17, 15) is 9.59 Å². The maximum atomic E-state index is 12.0. The summed E-state index contributed by atoms with van der Waals surface area (Å²) in [5.74, 6) is -0.576. The van der Waals surface area contributed by atoms with Crippen LogP contribution in [0.3, 0.4) is 0 Å². The highest BCUT2D eigenvalue weighted by molar-refractivity contribution is 7.80. The Labute approximate surface area is 156 Å². The molecule has 0 radical (unpaired) electrons. The highest BCUT2D eigenvalue weighted by Gasteiger charge is 2.18. The van der Waals surface area contributed by atoms with Gasteiger partial charge < -0.3 is 0 Å². The first-order valence-electron chi connectivity index (χ1n) is 8.39. The maximum absolute atomic E-state index is 12.0. The SMILES string of the molecule is CCCCC(=S)N(C)NC(=O)CC(=O)NN(C)C(=S)C(CC)CC. The van der Waals surface area contributed by atoms with Crippen molar-refractivity contribution < 1.29 is 9.59 Å². The van der Waals surface area contributed by atoms with E-state index in [1.54, 1.807) is 14.1 Å². The van der Waals surface area contributed by atoms with Gasteiger partial charge in [0.05, 0.1) is 9.98 Å². The zero-order chi connectivity index (χ0) is 18.7. The van der Waals surface area contributed by atoms with E-state index < -0.39 is 11.8 Å². The summed E-state index contributed by atoms with van der Waals surface area (Å²) < 4.78 is 0. The number of hydrazine groups is 2. The molecule has 0 aliphatic heterocycles. The lowest BCUT2D eigenvalue weighted by atomic mass is 10.0. The minimum atomic E-state index is -0.407. The normalized spacial score (nSPS) is 10.2. The number of amides is 2. The molecule has 2 amide bonds. The van der Waals surface area contributed by atoms with Crippen LogP contribution in [0.2, 0.25) is 0 Å². The zero-order valence-corrected chi connectivity index (χ0v) is 17.0. The van der Waals surface area contributed by atoms with Gasteiger partial charge in [0.25, 0.3) is 0 Å². The smallest absolute Gasteiger partial charge is 0.248 e. The van der Waals surface area contributed by atoms with Crippen molar-refractivity contribution in [2.75, 3.05) is 14.1 Å². The van der Waals surface area contributed by atoms with E-state index in [0.29, 0.717) is 9.98 Å². The van der Waals surface area contributed by atoms with Crippen LogP contribution in [-0.4, -0.2) is 45.9 Å². The van der Waals surface area contributed by atoms with Gasteiger partial charge in [0.1, 0.15) is 6.42 Å². The van der Waals surface area contributed by atoms with E-state index in [1.807, 2.05) is 0 Å². The lowest BCUT2D eigenvalue weighted by molar-refractivity contribution is -0.132. The molecule has 0 fully saturated rings. The fourth-order valence-electron chi connectivity index (χ4n) is 2.12. The molecule has 0 spiro atoms. The van der Waals surface area contributed by atoms with Gasteiger partial charge in [0, 0.05) is 20.0 Å². The molecule has 24 heavy (non-hydrogen) atoms. The van der Waals surface area contributed by atoms with Crippen LogP contribution < -0.4 is 10.9 Å². The van der Waals surface area contributed by atoms with Crippen LogP contribution in [0.4, 0.5) is 0 Å². The van der Waals surface area contributed by atoms with Crippen molar-refractivity contribution in [1.29, 1.82) is 0 Å². The van der Waals surface area contributed by atoms with Gasteiger partial charge in [-0.1, -0.05) is 51.6 Å². The number of nitrogens with zero attached hydrogens (tertiary/aromatic N) is 2. The number of unbranched alkanes of at least 4 members (excludes halogenated alkanes) is 1. The zero-order valence-electron chi connectivity index (χ0n) is 15.3. The Kier molecular flexibility index (Phi) is 11.5. The van der Waals surface area contributed by atoms with Gasteiger partial charge in [0.15, 0.2) is 0 Å². The number of carbonyl (C=O) groups is 2. The molecule has 0 aromatic heterocycles. The van der Waals surface area contributed by atoms with Crippen LogP contribution >= 0.6 is 24.4 Å². The Morgan fingerprint density at radius 2 is 1.46 bits per heavy atom. The summed E-state index contributed by atoms with van der Waals surface area (Å²) in [6, 6.07) is 0. The van der Waals surface area contributed by atoms with E-state index in [0.717, 1.165) is 32.1 Å². The van der Waals surface area contributed by atoms with Crippen molar-refractivity contribution >= 4 is 46.2 Å². The third kappa shape index (κ3) is 8.54. The Hall–Kier alpha value is -1.28. The third-order valence-electron chi connectivity index (χ3n) is 3.69. The molecular weight excluding hydrogens is 344 g/mol. The molecule has 0 aromatic carbocycles. The van der Waals surface area contributed by atoms with E-state index in [-0.39, 0.29) is 12.3 Å². The first-order valence-corrected chi connectivity index (χ1v) is 9.21. The Morgan fingerprint density at radius 1 is 0.958 bits per heavy atom. The monoisotopic (exact) mass is 374 g/mol. The van der Waals surface area contributed by atoms with Crippen molar-refractivity contribution in [2.24, 2.45) is 5.92 Å². The molecule has 0 aliphatic carbocycles. The fraction of sp³-hybridized carbons (Fsp3) is 0.750. The van der Waals surface area contributed by atoms with Crippen molar-refractivity contribution in [3.63, 3.8) is 0 Å². The van der Waals surface area contributed by atoms with E-state index >= 15 is 0 Å². The molecule has 0 atom stereocenters. The summed E-state index contributed by atoms with van der Waals surface area (Å²) >= 11 is 10.6. The van der Waals surface area contributed by atoms with Crippen LogP contribution in [0.15, 0.2) is 0 Å². The predicted octanol–water partition coefficient (Wildman–Crippen LogP) is 2.58. The minimum absolute atomic E-state index is 0.237. The van der Waals surface area contributed by atoms with E-state index in [1.165, 1.54) is 10.0 Å². The summed E-state index contributed by atoms with van der Waals surface area (Å²) in [5.41, 5.74) is 5.25. The second kappa shape index (κ2) is 12.1. The Bertz CT molecular complexity index is 453. The quantitative estimate of drug-likeness (QED) is 0.387. The van der Waals surface area contributed by atoms with Crippen LogP contribution in [0.5, 0.6) is 0 Å². The van der Waals surface area contributed by atoms with Crippen molar-refractivity contribution in [3.8, 4) is 0 Å². The third-order valence-corrected chi connectivity index (χ3v) is 4.77. The molecule has 0 unspecified atom stereocenters. The first kappa shape index (κ1) is 22.7. The van der Waals surface area contributed by atoms with Gasteiger partial charge in [-0.05, 0) is 25.7 Å². The fourth-order valence-corrected chi connectivity index (χ4v) is 2.69. The Morgan fingerprint density at radius 3 is 1.92 bits per heavy atom. The molecule has 0 saturated carbocycles. The van der Waals surface area contributed by atoms with E-state index in [2.05, 4.69) is 31.6 Å². The summed E-state index contributed by atoms with van der Waals surface area (Å²) in [5, 5.41) is 3.03. The summed E-state index contributed by atoms with van der Waals surface area (Å²) in [6.07, 6.45) is 4.29. The number of rotatable bonds is 8. The highest BCUT2D eigenvalue weighted by Crippen LogP contribution is 2.11. The molecule has 0 saturated heterocycles. The number of nitrogens with one attached hydrogen (secondary N) is 2. The van der Waals surface area contributed by atoms with Crippen LogP contribution in [0.1, 0.15) is 59.3 Å². The molecule has 0 aliphatic rings. The standard InChI is InChI=1S/C16H30N4O2S2/c1-6-9-10-15(23)19(4)17-13(21)11-14(22)18-20(5)16(24)12(7-2)8-3/h12H,6-11H2,1-5H3,(H,17,21)(H,18,22). The van der Waals surface area contributed by atoms with E-state index in [4.69, 9.17) is 24.4 Å². The van der Waals surface area contributed by atoms with Crippen molar-refractivity contribution in [3.05, 3.63) is 0 Å². The summed E-state index contributed by atoms with van der Waals surface area (Å²) in [7, 11) is 3.38. The van der Waals surface area contributed by atoms with Gasteiger partial charge in [-0.25, -0.2) is 0 Å². The lowest BCUT2D eigenvalue weighted by Gasteiger charge is -2.26. The molecule has 8 heteroatoms. The second-order valence-electron chi connectivity index (χ2n) is 5.71. The molecule has 0 heterocycles. The summed E-state index contributed by atoms with van der Waals surface area (Å²) in [4.78, 5) is 25.2. The number of hydrogen-bond donors (Lipinski definition) is 2. The molecule has 138 valence electrons. The largest absolute Gasteiger partial charge is 0.282 e. The van der Waals surface area contributed by atoms with Crippen molar-refractivity contribution in [2.45, 2.75) is 59.3 Å². The molecule has 6 nitrogen and oxygen atoms in total. The lowest BCUT2D eigenvalue weighted by Crippen LogP contribution is -2.48. The van der Waals surface area contributed by atoms with Crippen LogP contribution in [0.25, 0.3) is 0 Å². The Balaban J connectivity index is 4.33.